The lowest BCUT2D eigenvalue weighted by molar-refractivity contribution is -0.385. The summed E-state index contributed by atoms with van der Waals surface area (Å²) in [5.41, 5.74) is 2.06. The smallest absolute Gasteiger partial charge is 0.286 e. The molecule has 16 heteroatoms. The maximum atomic E-state index is 13.8. The zero-order chi connectivity index (χ0) is 39.5. The highest BCUT2D eigenvalue weighted by atomic mass is 32.2. The number of methoxy groups -OCH3 is 5. The summed E-state index contributed by atoms with van der Waals surface area (Å²) in [7, 11) is 7.69. The van der Waals surface area contributed by atoms with Crippen LogP contribution in [0.25, 0.3) is 0 Å². The Hall–Kier alpha value is -4.70. The summed E-state index contributed by atoms with van der Waals surface area (Å²) >= 11 is 3.62. The molecule has 298 valence electrons. The minimum atomic E-state index is -0.542. The molecule has 1 unspecified atom stereocenters. The topological polar surface area (TPSA) is 150 Å². The van der Waals surface area contributed by atoms with Gasteiger partial charge in [-0.25, -0.2) is 0 Å². The van der Waals surface area contributed by atoms with E-state index >= 15 is 0 Å². The van der Waals surface area contributed by atoms with Gasteiger partial charge in [-0.2, -0.15) is 0 Å². The molecule has 0 aromatic heterocycles. The van der Waals surface area contributed by atoms with Gasteiger partial charge in [0.2, 0.25) is 5.75 Å². The highest BCUT2D eigenvalue weighted by Crippen LogP contribution is 2.43. The third kappa shape index (κ3) is 9.58. The molecule has 0 N–H and O–H groups in total. The molecule has 2 atom stereocenters. The van der Waals surface area contributed by atoms with Gasteiger partial charge in [0, 0.05) is 36.6 Å². The van der Waals surface area contributed by atoms with Gasteiger partial charge in [0.05, 0.1) is 76.1 Å². The third-order valence-corrected chi connectivity index (χ3v) is 12.0. The monoisotopic (exact) mass is 799 g/mol. The predicted octanol–water partition coefficient (Wildman–Crippen LogP) is 7.79. The van der Waals surface area contributed by atoms with E-state index in [4.69, 9.17) is 38.0 Å². The molecule has 1 amide bonds. The number of ether oxygens (including phenoxy) is 7. The number of benzene rings is 3. The van der Waals surface area contributed by atoms with Crippen LogP contribution in [0.2, 0.25) is 0 Å². The second kappa shape index (κ2) is 19.8. The largest absolute Gasteiger partial charge is 0.493 e. The Morgan fingerprint density at radius 3 is 2.11 bits per heavy atom. The number of hydrogen-bond donors (Lipinski definition) is 0. The highest BCUT2D eigenvalue weighted by Gasteiger charge is 2.38. The van der Waals surface area contributed by atoms with E-state index in [1.807, 2.05) is 47.8 Å². The first kappa shape index (κ1) is 41.5. The van der Waals surface area contributed by atoms with Crippen molar-refractivity contribution in [1.82, 2.24) is 4.90 Å². The van der Waals surface area contributed by atoms with Gasteiger partial charge < -0.3 is 42.9 Å². The molecule has 5 rings (SSSR count). The zero-order valence-electron chi connectivity index (χ0n) is 32.3. The number of oxime groups is 1. The molecule has 2 heterocycles. The molecule has 3 aromatic rings. The van der Waals surface area contributed by atoms with E-state index in [1.165, 1.54) is 19.2 Å². The first-order chi connectivity index (χ1) is 26.7. The lowest BCUT2D eigenvalue weighted by atomic mass is 9.99. The van der Waals surface area contributed by atoms with Gasteiger partial charge >= 0.3 is 0 Å². The van der Waals surface area contributed by atoms with Crippen LogP contribution in [0.4, 0.5) is 5.69 Å². The Bertz CT molecular complexity index is 1810. The van der Waals surface area contributed by atoms with Crippen LogP contribution in [0, 0.1) is 10.1 Å². The van der Waals surface area contributed by atoms with Gasteiger partial charge in [-0.3, -0.25) is 14.9 Å². The zero-order valence-corrected chi connectivity index (χ0v) is 33.9. The van der Waals surface area contributed by atoms with E-state index in [0.29, 0.717) is 48.1 Å². The van der Waals surface area contributed by atoms with Crippen molar-refractivity contribution in [2.75, 3.05) is 66.8 Å². The lowest BCUT2D eigenvalue weighted by Crippen LogP contribution is -2.41. The molecule has 2 aliphatic rings. The van der Waals surface area contributed by atoms with Crippen LogP contribution in [0.3, 0.4) is 0 Å². The van der Waals surface area contributed by atoms with Crippen LogP contribution in [0.1, 0.15) is 67.1 Å². The van der Waals surface area contributed by atoms with E-state index in [1.54, 1.807) is 39.4 Å². The number of thioether (sulfide) groups is 2. The van der Waals surface area contributed by atoms with Crippen LogP contribution in [0.15, 0.2) is 47.6 Å². The molecular weight excluding hydrogens is 751 g/mol. The summed E-state index contributed by atoms with van der Waals surface area (Å²) in [5.74, 6) is 4.51. The molecule has 55 heavy (non-hydrogen) atoms. The van der Waals surface area contributed by atoms with E-state index in [2.05, 4.69) is 19.0 Å². The normalized spacial score (nSPS) is 16.4. The first-order valence-electron chi connectivity index (χ1n) is 18.1. The van der Waals surface area contributed by atoms with Crippen LogP contribution in [-0.2, 0) is 4.84 Å². The Labute approximate surface area is 330 Å². The van der Waals surface area contributed by atoms with E-state index < -0.39 is 4.92 Å². The van der Waals surface area contributed by atoms with Crippen molar-refractivity contribution in [3.63, 3.8) is 0 Å². The molecule has 0 saturated carbocycles. The number of nitrogens with zero attached hydrogens (tertiary/aromatic N) is 3. The SMILES string of the molecule is CCSC(SCC)C1CCCN1C(=O)c1cc(OC)c(OCCCOc2ccc(C3=NO[C@H](c4cc(OC)c(OC)c(OC)c4)C3)cc2OC)cc1[N+](=O)[O-]. The molecule has 1 saturated heterocycles. The molecule has 3 aromatic carbocycles. The van der Waals surface area contributed by atoms with Crippen molar-refractivity contribution in [3.05, 3.63) is 69.3 Å². The van der Waals surface area contributed by atoms with Crippen molar-refractivity contribution >= 4 is 40.8 Å². The number of likely N-dealkylation sites (tertiary alicyclic amines) is 1. The molecular formula is C39H49N3O11S2. The summed E-state index contributed by atoms with van der Waals surface area (Å²) < 4.78 is 39.8. The van der Waals surface area contributed by atoms with Crippen LogP contribution in [-0.4, -0.2) is 98.9 Å². The number of amides is 1. The van der Waals surface area contributed by atoms with E-state index in [0.717, 1.165) is 41.2 Å². The van der Waals surface area contributed by atoms with Gasteiger partial charge in [0.25, 0.3) is 11.6 Å². The number of carbonyl (C=O) groups is 1. The molecule has 0 bridgehead atoms. The van der Waals surface area contributed by atoms with E-state index in [9.17, 15) is 14.9 Å². The Balaban J connectivity index is 1.20. The fourth-order valence-corrected chi connectivity index (χ4v) is 9.50. The van der Waals surface area contributed by atoms with E-state index in [-0.39, 0.29) is 58.6 Å². The quantitative estimate of drug-likeness (QED) is 0.0474. The van der Waals surface area contributed by atoms with Crippen molar-refractivity contribution in [3.8, 4) is 40.2 Å². The molecule has 0 spiro atoms. The van der Waals surface area contributed by atoms with Crippen LogP contribution >= 0.6 is 23.5 Å². The Morgan fingerprint density at radius 2 is 1.51 bits per heavy atom. The summed E-state index contributed by atoms with van der Waals surface area (Å²) in [6.45, 7) is 5.20. The van der Waals surface area contributed by atoms with Crippen molar-refractivity contribution in [1.29, 1.82) is 0 Å². The van der Waals surface area contributed by atoms with Gasteiger partial charge in [-0.15, -0.1) is 23.5 Å². The average Bonchev–Trinajstić information content (AvgIpc) is 3.91. The van der Waals surface area contributed by atoms with Gasteiger partial charge in [0.1, 0.15) is 5.56 Å². The summed E-state index contributed by atoms with van der Waals surface area (Å²) in [6, 6.07) is 11.9. The van der Waals surface area contributed by atoms with Crippen molar-refractivity contribution in [2.24, 2.45) is 5.16 Å². The van der Waals surface area contributed by atoms with Crippen LogP contribution in [0.5, 0.6) is 40.2 Å². The summed E-state index contributed by atoms with van der Waals surface area (Å²) in [5, 5.41) is 16.6. The number of nitro groups is 1. The second-order valence-electron chi connectivity index (χ2n) is 12.5. The second-order valence-corrected chi connectivity index (χ2v) is 15.6. The predicted molar refractivity (Wildman–Crippen MR) is 213 cm³/mol. The molecule has 14 nitrogen and oxygen atoms in total. The van der Waals surface area contributed by atoms with Crippen molar-refractivity contribution in [2.45, 2.75) is 56.3 Å². The third-order valence-electron chi connectivity index (χ3n) is 9.27. The number of nitro benzene ring substituents is 1. The molecule has 2 aliphatic heterocycles. The standard InChI is InChI=1S/C39H49N3O11S2/c1-8-54-39(55-9-2)28-12-10-15-41(28)38(43)26-21-33(47-4)34(23-29(26)42(44)45)52-17-11-16-51-30-14-13-24(18-32(30)46-3)27-22-31(53-40-27)25-19-35(48-5)37(50-7)36(20-25)49-6/h13-14,18-21,23,28,31,39H,8-12,15-17,22H2,1-7H3/t28?,31-/m0/s1. The molecule has 0 aliphatic carbocycles. The van der Waals surface area contributed by atoms with Crippen molar-refractivity contribution < 1.29 is 47.7 Å². The molecule has 1 fully saturated rings. The minimum Gasteiger partial charge on any atom is -0.493 e. The fourth-order valence-electron chi connectivity index (χ4n) is 6.63. The maximum absolute atomic E-state index is 13.8. The number of rotatable bonds is 20. The Kier molecular flexibility index (Phi) is 14.9. The van der Waals surface area contributed by atoms with Gasteiger partial charge in [-0.05, 0) is 54.7 Å². The first-order valence-corrected chi connectivity index (χ1v) is 20.2. The summed E-state index contributed by atoms with van der Waals surface area (Å²) in [4.78, 5) is 33.1. The maximum Gasteiger partial charge on any atom is 0.286 e. The van der Waals surface area contributed by atoms with Gasteiger partial charge in [-0.1, -0.05) is 19.0 Å². The van der Waals surface area contributed by atoms with Gasteiger partial charge in [0.15, 0.2) is 40.6 Å². The summed E-state index contributed by atoms with van der Waals surface area (Å²) in [6.07, 6.45) is 2.32. The molecule has 0 radical (unpaired) electrons. The number of hydrogen-bond acceptors (Lipinski definition) is 14. The Morgan fingerprint density at radius 1 is 0.873 bits per heavy atom. The lowest BCUT2D eigenvalue weighted by Gasteiger charge is -2.31. The fraction of sp³-hybridized carbons (Fsp3) is 0.487. The number of carbonyl (C=O) groups excluding carboxylic acids is 1. The highest BCUT2D eigenvalue weighted by molar-refractivity contribution is 8.17. The average molecular weight is 800 g/mol. The van der Waals surface area contributed by atoms with Crippen LogP contribution < -0.4 is 33.2 Å². The minimum absolute atomic E-state index is 0.00293.